The number of morpholine rings is 1. The van der Waals surface area contributed by atoms with Gasteiger partial charge in [-0.05, 0) is 13.8 Å². The van der Waals surface area contributed by atoms with Gasteiger partial charge in [0.05, 0.1) is 23.9 Å². The van der Waals surface area contributed by atoms with Crippen molar-refractivity contribution in [1.82, 2.24) is 9.88 Å². The predicted octanol–water partition coefficient (Wildman–Crippen LogP) is 1.05. The second-order valence-electron chi connectivity index (χ2n) is 4.14. The summed E-state index contributed by atoms with van der Waals surface area (Å²) in [5.41, 5.74) is 1.00. The molecule has 1 aromatic heterocycles. The predicted molar refractivity (Wildman–Crippen MR) is 64.2 cm³/mol. The van der Waals surface area contributed by atoms with Crippen LogP contribution in [0.5, 0.6) is 0 Å². The lowest BCUT2D eigenvalue weighted by molar-refractivity contribution is -0.150. The molecule has 2 rings (SSSR count). The van der Waals surface area contributed by atoms with E-state index in [4.69, 9.17) is 9.84 Å². The van der Waals surface area contributed by atoms with Crippen LogP contribution in [-0.2, 0) is 16.1 Å². The number of ether oxygens (including phenoxy) is 1. The zero-order valence-corrected chi connectivity index (χ0v) is 10.8. The molecule has 2 heterocycles. The minimum atomic E-state index is -0.816. The molecule has 1 aliphatic heterocycles. The molecule has 0 saturated carbocycles. The summed E-state index contributed by atoms with van der Waals surface area (Å²) in [5.74, 6) is -0.816. The fourth-order valence-corrected chi connectivity index (χ4v) is 2.92. The topological polar surface area (TPSA) is 62.7 Å². The molecule has 1 aliphatic rings. The molecule has 1 unspecified atom stereocenters. The molecule has 5 nitrogen and oxygen atoms in total. The highest BCUT2D eigenvalue weighted by molar-refractivity contribution is 7.11. The lowest BCUT2D eigenvalue weighted by Gasteiger charge is -2.32. The van der Waals surface area contributed by atoms with Crippen molar-refractivity contribution in [2.45, 2.75) is 26.4 Å². The Balaban J connectivity index is 2.10. The highest BCUT2D eigenvalue weighted by Gasteiger charge is 2.29. The van der Waals surface area contributed by atoms with Crippen LogP contribution in [0, 0.1) is 13.8 Å². The van der Waals surface area contributed by atoms with E-state index in [0.717, 1.165) is 15.6 Å². The molecule has 0 radical (unpaired) electrons. The molecule has 0 aliphatic carbocycles. The molecule has 94 valence electrons. The van der Waals surface area contributed by atoms with Gasteiger partial charge in [-0.2, -0.15) is 0 Å². The Kier molecular flexibility index (Phi) is 3.76. The summed E-state index contributed by atoms with van der Waals surface area (Å²) in [6.45, 7) is 6.11. The number of nitrogens with zero attached hydrogens (tertiary/aromatic N) is 2. The molecule has 6 heteroatoms. The van der Waals surface area contributed by atoms with Crippen LogP contribution >= 0.6 is 11.3 Å². The monoisotopic (exact) mass is 256 g/mol. The zero-order chi connectivity index (χ0) is 12.4. The average Bonchev–Trinajstić information content (AvgIpc) is 2.58. The number of hydrogen-bond acceptors (Lipinski definition) is 5. The van der Waals surface area contributed by atoms with E-state index in [-0.39, 0.29) is 6.61 Å². The van der Waals surface area contributed by atoms with Crippen LogP contribution in [0.25, 0.3) is 0 Å². The normalized spacial score (nSPS) is 21.6. The molecular formula is C11H16N2O3S. The number of aliphatic carboxylic acids is 1. The van der Waals surface area contributed by atoms with Gasteiger partial charge >= 0.3 is 5.97 Å². The first-order chi connectivity index (χ1) is 8.08. The summed E-state index contributed by atoms with van der Waals surface area (Å²) in [7, 11) is 0. The van der Waals surface area contributed by atoms with Crippen molar-refractivity contribution >= 4 is 17.3 Å². The second-order valence-corrected chi connectivity index (χ2v) is 5.43. The summed E-state index contributed by atoms with van der Waals surface area (Å²) in [6, 6.07) is -0.537. The van der Waals surface area contributed by atoms with Crippen molar-refractivity contribution in [1.29, 1.82) is 0 Å². The third kappa shape index (κ3) is 2.83. The van der Waals surface area contributed by atoms with Crippen LogP contribution in [0.4, 0.5) is 0 Å². The van der Waals surface area contributed by atoms with E-state index in [1.807, 2.05) is 18.7 Å². The number of thiazole rings is 1. The van der Waals surface area contributed by atoms with Crippen molar-refractivity contribution < 1.29 is 14.6 Å². The van der Waals surface area contributed by atoms with Gasteiger partial charge in [-0.3, -0.25) is 9.69 Å². The van der Waals surface area contributed by atoms with Gasteiger partial charge in [-0.15, -0.1) is 11.3 Å². The van der Waals surface area contributed by atoms with Crippen LogP contribution in [-0.4, -0.2) is 46.8 Å². The zero-order valence-electron chi connectivity index (χ0n) is 9.97. The molecule has 17 heavy (non-hydrogen) atoms. The van der Waals surface area contributed by atoms with Crippen LogP contribution < -0.4 is 0 Å². The molecular weight excluding hydrogens is 240 g/mol. The van der Waals surface area contributed by atoms with Gasteiger partial charge in [0.2, 0.25) is 0 Å². The maximum absolute atomic E-state index is 11.1. The van der Waals surface area contributed by atoms with Gasteiger partial charge in [0.25, 0.3) is 0 Å². The molecule has 1 aromatic rings. The Hall–Kier alpha value is -0.980. The number of hydrogen-bond donors (Lipinski definition) is 1. The van der Waals surface area contributed by atoms with Crippen LogP contribution in [0.2, 0.25) is 0 Å². The Morgan fingerprint density at radius 1 is 1.65 bits per heavy atom. The minimum absolute atomic E-state index is 0.270. The summed E-state index contributed by atoms with van der Waals surface area (Å²) in [4.78, 5) is 18.6. The van der Waals surface area contributed by atoms with E-state index in [1.54, 1.807) is 11.3 Å². The molecule has 1 N–H and O–H groups in total. The lowest BCUT2D eigenvalue weighted by atomic mass is 10.2. The fourth-order valence-electron chi connectivity index (χ4n) is 1.96. The lowest BCUT2D eigenvalue weighted by Crippen LogP contribution is -2.49. The number of carboxylic acids is 1. The maximum Gasteiger partial charge on any atom is 0.323 e. The summed E-state index contributed by atoms with van der Waals surface area (Å²) < 4.78 is 5.21. The van der Waals surface area contributed by atoms with Crippen LogP contribution in [0.1, 0.15) is 15.6 Å². The Bertz CT molecular complexity index is 419. The van der Waals surface area contributed by atoms with Crippen molar-refractivity contribution in [3.63, 3.8) is 0 Å². The fraction of sp³-hybridized carbons (Fsp3) is 0.636. The molecule has 1 atom stereocenters. The van der Waals surface area contributed by atoms with Gasteiger partial charge in [0.1, 0.15) is 6.04 Å². The number of rotatable bonds is 3. The number of aromatic nitrogens is 1. The van der Waals surface area contributed by atoms with Gasteiger partial charge in [-0.25, -0.2) is 4.98 Å². The van der Waals surface area contributed by atoms with E-state index < -0.39 is 12.0 Å². The average molecular weight is 256 g/mol. The largest absolute Gasteiger partial charge is 0.480 e. The van der Waals surface area contributed by atoms with Gasteiger partial charge in [0.15, 0.2) is 0 Å². The second kappa shape index (κ2) is 5.12. The Morgan fingerprint density at radius 3 is 3.00 bits per heavy atom. The van der Waals surface area contributed by atoms with E-state index in [9.17, 15) is 4.79 Å². The maximum atomic E-state index is 11.1. The van der Waals surface area contributed by atoms with Gasteiger partial charge < -0.3 is 9.84 Å². The van der Waals surface area contributed by atoms with Crippen LogP contribution in [0.15, 0.2) is 0 Å². The van der Waals surface area contributed by atoms with Crippen molar-refractivity contribution in [3.8, 4) is 0 Å². The summed E-state index contributed by atoms with van der Waals surface area (Å²) >= 11 is 1.64. The van der Waals surface area contributed by atoms with Gasteiger partial charge in [-0.1, -0.05) is 0 Å². The molecule has 0 spiro atoms. The highest BCUT2D eigenvalue weighted by atomic mass is 32.1. The molecule has 1 fully saturated rings. The first kappa shape index (κ1) is 12.5. The third-order valence-electron chi connectivity index (χ3n) is 2.87. The first-order valence-electron chi connectivity index (χ1n) is 5.55. The highest BCUT2D eigenvalue weighted by Crippen LogP contribution is 2.21. The third-order valence-corrected chi connectivity index (χ3v) is 3.93. The Labute approximate surface area is 104 Å². The van der Waals surface area contributed by atoms with E-state index in [0.29, 0.717) is 19.7 Å². The molecule has 0 bridgehead atoms. The number of carboxylic acid groups (broad SMARTS) is 1. The van der Waals surface area contributed by atoms with E-state index in [1.165, 1.54) is 0 Å². The molecule has 1 saturated heterocycles. The standard InChI is InChI=1S/C11H16N2O3S/c1-7-10(17-8(2)12-7)5-13-3-4-16-6-9(13)11(14)15/h9H,3-6H2,1-2H3,(H,14,15). The Morgan fingerprint density at radius 2 is 2.41 bits per heavy atom. The van der Waals surface area contributed by atoms with Crippen molar-refractivity contribution in [2.24, 2.45) is 0 Å². The van der Waals surface area contributed by atoms with Gasteiger partial charge in [0, 0.05) is 18.0 Å². The first-order valence-corrected chi connectivity index (χ1v) is 6.37. The van der Waals surface area contributed by atoms with Crippen LogP contribution in [0.3, 0.4) is 0 Å². The number of aryl methyl sites for hydroxylation is 2. The minimum Gasteiger partial charge on any atom is -0.480 e. The van der Waals surface area contributed by atoms with Crippen molar-refractivity contribution in [3.05, 3.63) is 15.6 Å². The quantitative estimate of drug-likeness (QED) is 0.875. The SMILES string of the molecule is Cc1nc(C)c(CN2CCOCC2C(=O)O)s1. The summed E-state index contributed by atoms with van der Waals surface area (Å²) in [5, 5.41) is 10.2. The molecule has 0 amide bonds. The number of carbonyl (C=O) groups is 1. The van der Waals surface area contributed by atoms with E-state index >= 15 is 0 Å². The van der Waals surface area contributed by atoms with Crippen molar-refractivity contribution in [2.75, 3.05) is 19.8 Å². The summed E-state index contributed by atoms with van der Waals surface area (Å²) in [6.07, 6.45) is 0. The smallest absolute Gasteiger partial charge is 0.323 e. The molecule has 0 aromatic carbocycles. The van der Waals surface area contributed by atoms with E-state index in [2.05, 4.69) is 4.98 Å².